The summed E-state index contributed by atoms with van der Waals surface area (Å²) in [5.41, 5.74) is -1.11. The van der Waals surface area contributed by atoms with E-state index in [1.165, 1.54) is 0 Å². The van der Waals surface area contributed by atoms with Crippen LogP contribution in [0, 0.1) is 17.6 Å². The van der Waals surface area contributed by atoms with E-state index in [-0.39, 0.29) is 18.1 Å². The highest BCUT2D eigenvalue weighted by Gasteiger charge is 2.42. The molecule has 0 aliphatic heterocycles. The van der Waals surface area contributed by atoms with Gasteiger partial charge in [0.2, 0.25) is 0 Å². The first kappa shape index (κ1) is 13.0. The van der Waals surface area contributed by atoms with Gasteiger partial charge >= 0.3 is 0 Å². The van der Waals surface area contributed by atoms with Crippen LogP contribution in [0.2, 0.25) is 0 Å². The highest BCUT2D eigenvalue weighted by Crippen LogP contribution is 2.39. The number of rotatable bonds is 4. The van der Waals surface area contributed by atoms with Gasteiger partial charge in [0, 0.05) is 0 Å². The van der Waals surface area contributed by atoms with E-state index in [1.54, 1.807) is 6.92 Å². The van der Waals surface area contributed by atoms with Crippen molar-refractivity contribution < 1.29 is 18.7 Å². The molecule has 1 atom stereocenters. The summed E-state index contributed by atoms with van der Waals surface area (Å²) in [7, 11) is 0. The van der Waals surface area contributed by atoms with Crippen LogP contribution in [-0.2, 0) is 0 Å². The van der Waals surface area contributed by atoms with Crippen LogP contribution in [0.3, 0.4) is 0 Å². The fourth-order valence-corrected chi connectivity index (χ4v) is 1.99. The quantitative estimate of drug-likeness (QED) is 0.862. The smallest absolute Gasteiger partial charge is 0.254 e. The number of hydrogen-bond acceptors (Lipinski definition) is 2. The Kier molecular flexibility index (Phi) is 3.34. The van der Waals surface area contributed by atoms with E-state index >= 15 is 0 Å². The molecule has 1 aliphatic carbocycles. The van der Waals surface area contributed by atoms with E-state index in [0.717, 1.165) is 31.0 Å². The zero-order chi connectivity index (χ0) is 13.3. The molecule has 1 unspecified atom stereocenters. The number of aliphatic hydroxyl groups is 1. The number of halogens is 2. The van der Waals surface area contributed by atoms with Crippen LogP contribution in [0.4, 0.5) is 8.78 Å². The van der Waals surface area contributed by atoms with E-state index in [1.807, 2.05) is 0 Å². The second-order valence-corrected chi connectivity index (χ2v) is 4.93. The standard InChI is InChI=1S/C13H15F2NO2/c1-13(7-17,8-2-3-8)16-12(18)10-6-9(14)4-5-11(10)15/h4-6,8,17H,2-3,7H2,1H3,(H,16,18). The number of benzene rings is 1. The minimum atomic E-state index is -0.773. The van der Waals surface area contributed by atoms with Crippen molar-refractivity contribution in [2.45, 2.75) is 25.3 Å². The van der Waals surface area contributed by atoms with E-state index < -0.39 is 23.1 Å². The van der Waals surface area contributed by atoms with Crippen molar-refractivity contribution in [3.63, 3.8) is 0 Å². The summed E-state index contributed by atoms with van der Waals surface area (Å²) in [5.74, 6) is -1.94. The first-order valence-electron chi connectivity index (χ1n) is 5.85. The van der Waals surface area contributed by atoms with E-state index in [9.17, 15) is 18.7 Å². The van der Waals surface area contributed by atoms with Crippen LogP contribution in [0.1, 0.15) is 30.1 Å². The lowest BCUT2D eigenvalue weighted by Gasteiger charge is -2.28. The molecular formula is C13H15F2NO2. The van der Waals surface area contributed by atoms with Crippen LogP contribution in [0.5, 0.6) is 0 Å². The van der Waals surface area contributed by atoms with E-state index in [0.29, 0.717) is 0 Å². The third-order valence-electron chi connectivity index (χ3n) is 3.38. The molecule has 5 heteroatoms. The number of hydrogen-bond donors (Lipinski definition) is 2. The summed E-state index contributed by atoms with van der Waals surface area (Å²) in [6.07, 6.45) is 1.84. The molecule has 1 aromatic carbocycles. The molecule has 0 bridgehead atoms. The van der Waals surface area contributed by atoms with Crippen molar-refractivity contribution >= 4 is 5.91 Å². The Morgan fingerprint density at radius 2 is 2.17 bits per heavy atom. The van der Waals surface area contributed by atoms with Gasteiger partial charge in [-0.1, -0.05) is 0 Å². The molecule has 0 heterocycles. The molecule has 3 nitrogen and oxygen atoms in total. The molecule has 0 saturated heterocycles. The fraction of sp³-hybridized carbons (Fsp3) is 0.462. The lowest BCUT2D eigenvalue weighted by molar-refractivity contribution is 0.0820. The maximum atomic E-state index is 13.4. The van der Waals surface area contributed by atoms with Crippen molar-refractivity contribution in [2.75, 3.05) is 6.61 Å². The normalized spacial score (nSPS) is 18.2. The maximum Gasteiger partial charge on any atom is 0.254 e. The number of nitrogens with one attached hydrogen (secondary N) is 1. The Balaban J connectivity index is 2.18. The molecule has 98 valence electrons. The van der Waals surface area contributed by atoms with Gasteiger partial charge < -0.3 is 10.4 Å². The van der Waals surface area contributed by atoms with Gasteiger partial charge in [0.25, 0.3) is 5.91 Å². The molecule has 2 rings (SSSR count). The minimum absolute atomic E-state index is 0.197. The molecule has 1 fully saturated rings. The Hall–Kier alpha value is -1.49. The summed E-state index contributed by atoms with van der Waals surface area (Å²) in [6, 6.07) is 2.73. The first-order valence-corrected chi connectivity index (χ1v) is 5.85. The van der Waals surface area contributed by atoms with Crippen molar-refractivity contribution in [1.82, 2.24) is 5.32 Å². The second kappa shape index (κ2) is 4.65. The summed E-state index contributed by atoms with van der Waals surface area (Å²) in [5, 5.41) is 11.9. The number of carbonyl (C=O) groups is 1. The highest BCUT2D eigenvalue weighted by molar-refractivity contribution is 5.95. The Morgan fingerprint density at radius 3 is 2.72 bits per heavy atom. The summed E-state index contributed by atoms with van der Waals surface area (Å²) >= 11 is 0. The largest absolute Gasteiger partial charge is 0.394 e. The molecule has 0 radical (unpaired) electrons. The predicted octanol–water partition coefficient (Wildman–Crippen LogP) is 1.86. The monoisotopic (exact) mass is 255 g/mol. The zero-order valence-electron chi connectivity index (χ0n) is 10.0. The number of carbonyl (C=O) groups excluding carboxylic acids is 1. The molecule has 1 amide bonds. The van der Waals surface area contributed by atoms with Gasteiger partial charge in [-0.15, -0.1) is 0 Å². The molecule has 0 aromatic heterocycles. The number of amides is 1. The van der Waals surface area contributed by atoms with Gasteiger partial charge in [0.1, 0.15) is 11.6 Å². The predicted molar refractivity (Wildman–Crippen MR) is 62.0 cm³/mol. The molecular weight excluding hydrogens is 240 g/mol. The molecule has 18 heavy (non-hydrogen) atoms. The molecule has 0 spiro atoms. The summed E-state index contributed by atoms with van der Waals surface area (Å²) in [6.45, 7) is 1.49. The third kappa shape index (κ3) is 2.51. The van der Waals surface area contributed by atoms with Gasteiger partial charge in [0.05, 0.1) is 17.7 Å². The maximum absolute atomic E-state index is 13.4. The van der Waals surface area contributed by atoms with Crippen LogP contribution < -0.4 is 5.32 Å². The van der Waals surface area contributed by atoms with Crippen LogP contribution in [0.25, 0.3) is 0 Å². The van der Waals surface area contributed by atoms with Crippen molar-refractivity contribution in [1.29, 1.82) is 0 Å². The minimum Gasteiger partial charge on any atom is -0.394 e. The Morgan fingerprint density at radius 1 is 1.50 bits per heavy atom. The molecule has 1 aliphatic rings. The van der Waals surface area contributed by atoms with Crippen LogP contribution in [0.15, 0.2) is 18.2 Å². The Labute approximate surface area is 104 Å². The summed E-state index contributed by atoms with van der Waals surface area (Å²) in [4.78, 5) is 11.9. The average Bonchev–Trinajstić information content (AvgIpc) is 3.16. The van der Waals surface area contributed by atoms with Gasteiger partial charge in [-0.25, -0.2) is 8.78 Å². The van der Waals surface area contributed by atoms with Crippen molar-refractivity contribution in [2.24, 2.45) is 5.92 Å². The van der Waals surface area contributed by atoms with Crippen LogP contribution in [-0.4, -0.2) is 23.2 Å². The lowest BCUT2D eigenvalue weighted by Crippen LogP contribution is -2.51. The fourth-order valence-electron chi connectivity index (χ4n) is 1.99. The molecule has 1 aromatic rings. The first-order chi connectivity index (χ1) is 8.46. The SMILES string of the molecule is CC(CO)(NC(=O)c1cc(F)ccc1F)C1CC1. The average molecular weight is 255 g/mol. The van der Waals surface area contributed by atoms with Crippen molar-refractivity contribution in [3.05, 3.63) is 35.4 Å². The van der Waals surface area contributed by atoms with Gasteiger partial charge in [0.15, 0.2) is 0 Å². The van der Waals surface area contributed by atoms with Gasteiger partial charge in [-0.05, 0) is 43.9 Å². The molecule has 1 saturated carbocycles. The third-order valence-corrected chi connectivity index (χ3v) is 3.38. The number of aliphatic hydroxyl groups excluding tert-OH is 1. The zero-order valence-corrected chi connectivity index (χ0v) is 10.0. The van der Waals surface area contributed by atoms with Gasteiger partial charge in [-0.2, -0.15) is 0 Å². The van der Waals surface area contributed by atoms with E-state index in [4.69, 9.17) is 0 Å². The van der Waals surface area contributed by atoms with Crippen LogP contribution >= 0.6 is 0 Å². The highest BCUT2D eigenvalue weighted by atomic mass is 19.1. The Bertz CT molecular complexity index is 474. The second-order valence-electron chi connectivity index (χ2n) is 4.93. The molecule has 2 N–H and O–H groups in total. The topological polar surface area (TPSA) is 49.3 Å². The lowest BCUT2D eigenvalue weighted by atomic mass is 9.96. The summed E-state index contributed by atoms with van der Waals surface area (Å²) < 4.78 is 26.4. The van der Waals surface area contributed by atoms with E-state index in [2.05, 4.69) is 5.32 Å². The van der Waals surface area contributed by atoms with Gasteiger partial charge in [-0.3, -0.25) is 4.79 Å². The van der Waals surface area contributed by atoms with Crippen molar-refractivity contribution in [3.8, 4) is 0 Å².